The molecular formula is C16H13F3N2. The van der Waals surface area contributed by atoms with Crippen LogP contribution in [-0.2, 0) is 12.6 Å². The summed E-state index contributed by atoms with van der Waals surface area (Å²) >= 11 is 0. The number of hydrogen-bond donors (Lipinski definition) is 0. The van der Waals surface area contributed by atoms with Crippen molar-refractivity contribution in [1.29, 1.82) is 0 Å². The third-order valence-corrected chi connectivity index (χ3v) is 3.49. The molecule has 3 rings (SSSR count). The molecule has 0 bridgehead atoms. The summed E-state index contributed by atoms with van der Waals surface area (Å²) in [7, 11) is 0. The standard InChI is InChI=1S/C16H13F3N2/c1-11-5-4-7-13-10-20-15(21(11)13)9-12-6-2-3-8-14(12)16(17,18)19/h2-8,10H,9H2,1H3. The molecule has 0 atom stereocenters. The number of hydrogen-bond acceptors (Lipinski definition) is 1. The van der Waals surface area contributed by atoms with Crippen molar-refractivity contribution in [3.63, 3.8) is 0 Å². The van der Waals surface area contributed by atoms with Crippen LogP contribution < -0.4 is 0 Å². The highest BCUT2D eigenvalue weighted by molar-refractivity contribution is 5.48. The zero-order valence-electron chi connectivity index (χ0n) is 11.4. The molecule has 0 unspecified atom stereocenters. The van der Waals surface area contributed by atoms with Gasteiger partial charge in [0.2, 0.25) is 0 Å². The molecule has 108 valence electrons. The van der Waals surface area contributed by atoms with Crippen molar-refractivity contribution < 1.29 is 13.2 Å². The second-order valence-electron chi connectivity index (χ2n) is 4.93. The molecule has 2 aromatic heterocycles. The predicted octanol–water partition coefficient (Wildman–Crippen LogP) is 4.25. The van der Waals surface area contributed by atoms with Gasteiger partial charge >= 0.3 is 6.18 Å². The summed E-state index contributed by atoms with van der Waals surface area (Å²) in [5.74, 6) is 0.611. The molecule has 0 spiro atoms. The van der Waals surface area contributed by atoms with Gasteiger partial charge in [-0.25, -0.2) is 4.98 Å². The van der Waals surface area contributed by atoms with E-state index in [0.29, 0.717) is 5.82 Å². The van der Waals surface area contributed by atoms with Crippen LogP contribution in [0.1, 0.15) is 22.6 Å². The lowest BCUT2D eigenvalue weighted by atomic mass is 10.0. The molecule has 3 aromatic rings. The number of pyridine rings is 1. The summed E-state index contributed by atoms with van der Waals surface area (Å²) in [4.78, 5) is 4.27. The first-order valence-electron chi connectivity index (χ1n) is 6.54. The summed E-state index contributed by atoms with van der Waals surface area (Å²) < 4.78 is 41.0. The van der Waals surface area contributed by atoms with Gasteiger partial charge in [0.1, 0.15) is 5.82 Å². The highest BCUT2D eigenvalue weighted by Gasteiger charge is 2.33. The molecule has 2 heterocycles. The minimum Gasteiger partial charge on any atom is -0.301 e. The molecule has 0 N–H and O–H groups in total. The van der Waals surface area contributed by atoms with Gasteiger partial charge in [-0.1, -0.05) is 24.3 Å². The van der Waals surface area contributed by atoms with E-state index < -0.39 is 11.7 Å². The van der Waals surface area contributed by atoms with Gasteiger partial charge in [-0.2, -0.15) is 13.2 Å². The van der Waals surface area contributed by atoms with Crippen LogP contribution in [0, 0.1) is 6.92 Å². The van der Waals surface area contributed by atoms with E-state index in [-0.39, 0.29) is 12.0 Å². The Morgan fingerprint density at radius 3 is 2.57 bits per heavy atom. The van der Waals surface area contributed by atoms with Crippen molar-refractivity contribution in [3.8, 4) is 0 Å². The van der Waals surface area contributed by atoms with Crippen molar-refractivity contribution in [2.75, 3.05) is 0 Å². The number of halogens is 3. The normalized spacial score (nSPS) is 12.0. The maximum Gasteiger partial charge on any atom is 0.416 e. The summed E-state index contributed by atoms with van der Waals surface area (Å²) in [6.07, 6.45) is -2.52. The van der Waals surface area contributed by atoms with Gasteiger partial charge < -0.3 is 4.40 Å². The minimum absolute atomic E-state index is 0.148. The Bertz CT molecular complexity index is 788. The fraction of sp³-hybridized carbons (Fsp3) is 0.188. The van der Waals surface area contributed by atoms with Crippen LogP contribution in [0.3, 0.4) is 0 Å². The number of alkyl halides is 3. The summed E-state index contributed by atoms with van der Waals surface area (Å²) in [5, 5.41) is 0. The van der Waals surface area contributed by atoms with Crippen LogP contribution in [0.4, 0.5) is 13.2 Å². The summed E-state index contributed by atoms with van der Waals surface area (Å²) in [5.41, 5.74) is 1.47. The minimum atomic E-state index is -4.35. The maximum absolute atomic E-state index is 13.0. The summed E-state index contributed by atoms with van der Waals surface area (Å²) in [6, 6.07) is 11.3. The van der Waals surface area contributed by atoms with Crippen LogP contribution >= 0.6 is 0 Å². The molecule has 5 heteroatoms. The fourth-order valence-electron chi connectivity index (χ4n) is 2.54. The van der Waals surface area contributed by atoms with E-state index in [0.717, 1.165) is 17.3 Å². The van der Waals surface area contributed by atoms with Crippen LogP contribution in [0.15, 0.2) is 48.7 Å². The van der Waals surface area contributed by atoms with Gasteiger partial charge in [-0.05, 0) is 30.7 Å². The number of imidazole rings is 1. The van der Waals surface area contributed by atoms with E-state index in [1.165, 1.54) is 12.1 Å². The molecule has 0 aliphatic heterocycles. The zero-order chi connectivity index (χ0) is 15.0. The average molecular weight is 290 g/mol. The lowest BCUT2D eigenvalue weighted by molar-refractivity contribution is -0.138. The van der Waals surface area contributed by atoms with Crippen LogP contribution in [-0.4, -0.2) is 9.38 Å². The predicted molar refractivity (Wildman–Crippen MR) is 74.2 cm³/mol. The van der Waals surface area contributed by atoms with Gasteiger partial charge in [0.25, 0.3) is 0 Å². The van der Waals surface area contributed by atoms with Gasteiger partial charge in [0, 0.05) is 12.1 Å². The van der Waals surface area contributed by atoms with E-state index >= 15 is 0 Å². The molecule has 0 aliphatic carbocycles. The van der Waals surface area contributed by atoms with Crippen LogP contribution in [0.2, 0.25) is 0 Å². The molecule has 21 heavy (non-hydrogen) atoms. The number of aromatic nitrogens is 2. The second-order valence-corrected chi connectivity index (χ2v) is 4.93. The molecule has 0 fully saturated rings. The zero-order valence-corrected chi connectivity index (χ0v) is 11.4. The topological polar surface area (TPSA) is 17.3 Å². The Balaban J connectivity index is 2.08. The van der Waals surface area contributed by atoms with Crippen molar-refractivity contribution in [3.05, 3.63) is 71.3 Å². The highest BCUT2D eigenvalue weighted by Crippen LogP contribution is 2.32. The number of nitrogens with zero attached hydrogens (tertiary/aromatic N) is 2. The van der Waals surface area contributed by atoms with Crippen LogP contribution in [0.25, 0.3) is 5.52 Å². The lowest BCUT2D eigenvalue weighted by Crippen LogP contribution is -2.10. The monoisotopic (exact) mass is 290 g/mol. The van der Waals surface area contributed by atoms with Crippen molar-refractivity contribution in [2.45, 2.75) is 19.5 Å². The van der Waals surface area contributed by atoms with Crippen molar-refractivity contribution in [2.24, 2.45) is 0 Å². The highest BCUT2D eigenvalue weighted by atomic mass is 19.4. The van der Waals surface area contributed by atoms with E-state index in [1.807, 2.05) is 29.5 Å². The first-order valence-corrected chi connectivity index (χ1v) is 6.54. The third kappa shape index (κ3) is 2.51. The quantitative estimate of drug-likeness (QED) is 0.689. The fourth-order valence-corrected chi connectivity index (χ4v) is 2.54. The Morgan fingerprint density at radius 2 is 1.81 bits per heavy atom. The van der Waals surface area contributed by atoms with E-state index in [2.05, 4.69) is 4.98 Å². The largest absolute Gasteiger partial charge is 0.416 e. The molecule has 0 aliphatic rings. The van der Waals surface area contributed by atoms with Crippen LogP contribution in [0.5, 0.6) is 0 Å². The van der Waals surface area contributed by atoms with E-state index in [1.54, 1.807) is 12.3 Å². The Morgan fingerprint density at radius 1 is 1.05 bits per heavy atom. The molecule has 2 nitrogen and oxygen atoms in total. The Hall–Kier alpha value is -2.30. The molecular weight excluding hydrogens is 277 g/mol. The maximum atomic E-state index is 13.0. The number of rotatable bonds is 2. The molecule has 1 aromatic carbocycles. The second kappa shape index (κ2) is 4.91. The number of fused-ring (bicyclic) bond motifs is 1. The van der Waals surface area contributed by atoms with Gasteiger partial charge in [-0.3, -0.25) is 0 Å². The Labute approximate surface area is 119 Å². The van der Waals surface area contributed by atoms with Crippen molar-refractivity contribution >= 4 is 5.52 Å². The summed E-state index contributed by atoms with van der Waals surface area (Å²) in [6.45, 7) is 1.91. The van der Waals surface area contributed by atoms with Gasteiger partial charge in [0.05, 0.1) is 17.3 Å². The van der Waals surface area contributed by atoms with E-state index in [4.69, 9.17) is 0 Å². The van der Waals surface area contributed by atoms with E-state index in [9.17, 15) is 13.2 Å². The lowest BCUT2D eigenvalue weighted by Gasteiger charge is -2.12. The molecule has 0 saturated carbocycles. The molecule has 0 amide bonds. The third-order valence-electron chi connectivity index (χ3n) is 3.49. The van der Waals surface area contributed by atoms with Gasteiger partial charge in [0.15, 0.2) is 0 Å². The number of aryl methyl sites for hydroxylation is 1. The smallest absolute Gasteiger partial charge is 0.301 e. The SMILES string of the molecule is Cc1cccc2cnc(Cc3ccccc3C(F)(F)F)n12. The average Bonchev–Trinajstić information content (AvgIpc) is 2.83. The number of benzene rings is 1. The molecule has 0 radical (unpaired) electrons. The van der Waals surface area contributed by atoms with Crippen molar-refractivity contribution in [1.82, 2.24) is 9.38 Å². The first-order chi connectivity index (χ1) is 9.97. The molecule has 0 saturated heterocycles. The van der Waals surface area contributed by atoms with Gasteiger partial charge in [-0.15, -0.1) is 0 Å². The first kappa shape index (κ1) is 13.7. The Kier molecular flexibility index (Phi) is 3.20.